The lowest BCUT2D eigenvalue weighted by atomic mass is 10.0. The number of nitrogens with one attached hydrogen (secondary N) is 6. The van der Waals surface area contributed by atoms with Gasteiger partial charge in [-0.05, 0) is 101 Å². The predicted molar refractivity (Wildman–Crippen MR) is 237 cm³/mol. The van der Waals surface area contributed by atoms with Crippen molar-refractivity contribution in [3.05, 3.63) is 68.3 Å². The van der Waals surface area contributed by atoms with Crippen LogP contribution in [0.5, 0.6) is 0 Å². The molecule has 0 saturated carbocycles. The Hall–Kier alpha value is -6.95. The smallest absolute Gasteiger partial charge is 0.326 e. The lowest BCUT2D eigenvalue weighted by Gasteiger charge is -2.27. The van der Waals surface area contributed by atoms with Crippen LogP contribution < -0.4 is 49.1 Å². The van der Waals surface area contributed by atoms with Gasteiger partial charge in [0.2, 0.25) is 23.6 Å². The molecule has 5 atom stereocenters. The molecule has 0 unspecified atom stereocenters. The van der Waals surface area contributed by atoms with Crippen LogP contribution in [0.1, 0.15) is 94.8 Å². The predicted octanol–water partition coefficient (Wildman–Crippen LogP) is 1.27. The molecule has 0 aliphatic heterocycles. The molecule has 0 heterocycles. The van der Waals surface area contributed by atoms with E-state index >= 15 is 0 Å². The maximum atomic E-state index is 13.9. The molecule has 0 aliphatic rings. The number of hydrogen-bond donors (Lipinski definition) is 11. The van der Waals surface area contributed by atoms with E-state index < -0.39 is 99.3 Å². The monoisotopic (exact) mass is 915 g/mol. The first kappa shape index (κ1) is 54.2. The Morgan fingerprint density at radius 1 is 0.646 bits per heavy atom. The molecule has 24 nitrogen and oxygen atoms in total. The average Bonchev–Trinajstić information content (AvgIpc) is 3.24. The van der Waals surface area contributed by atoms with Crippen LogP contribution >= 0.6 is 0 Å². The molecule has 2 aromatic rings. The number of carbonyl (C=O) groups excluding carboxylic acids is 5. The number of nitrogens with two attached hydrogens (primary N) is 3. The summed E-state index contributed by atoms with van der Waals surface area (Å²) in [5.74, 6) is -7.30. The Morgan fingerprint density at radius 3 is 1.66 bits per heavy atom. The van der Waals surface area contributed by atoms with E-state index in [9.17, 15) is 64.0 Å². The number of para-hydroxylation sites is 1. The van der Waals surface area contributed by atoms with E-state index in [1.54, 1.807) is 12.1 Å². The van der Waals surface area contributed by atoms with Gasteiger partial charge in [-0.3, -0.25) is 49.0 Å². The molecular formula is C41H61N11O13. The summed E-state index contributed by atoms with van der Waals surface area (Å²) in [7, 11) is 0. The van der Waals surface area contributed by atoms with Crippen molar-refractivity contribution in [2.45, 2.75) is 115 Å². The number of unbranched alkanes of at least 4 members (excludes halogenated alkanes) is 3. The molecule has 358 valence electrons. The number of nitrogen functional groups attached to an aromatic ring is 1. The largest absolute Gasteiger partial charge is 0.481 e. The van der Waals surface area contributed by atoms with Gasteiger partial charge in [0.1, 0.15) is 35.9 Å². The molecular weight excluding hydrogens is 855 g/mol. The van der Waals surface area contributed by atoms with E-state index in [1.807, 2.05) is 13.8 Å². The highest BCUT2D eigenvalue weighted by molar-refractivity contribution is 6.02. The number of hydrogen-bond acceptors (Lipinski definition) is 15. The summed E-state index contributed by atoms with van der Waals surface area (Å²) in [6.45, 7) is 4.26. The third kappa shape index (κ3) is 19.1. The number of rotatable bonds is 31. The Balaban J connectivity index is 2.22. The lowest BCUT2D eigenvalue weighted by Crippen LogP contribution is -2.59. The standard InChI is InChI=1S/C41H61N11O13/c1-24(2)21-32(49-36(55)26-11-3-4-12-27(26)44)39(58)47-29(13-5-8-18-42)37(56)46-30(14-6-9-19-43)38(57)50-33(23-35(53)54)40(59)48-31(41(60)61)15-7-10-20-45-28-17-16-25(51(62)63)22-34(28)52(64)65/h3-4,11-12,16-17,22,24,29-33,45H,5-10,13-15,18-21,23,42-44H2,1-2H3,(H,46,56)(H,47,58)(H,48,59)(H,49,55)(H,50,57)(H,53,54)(H,60,61)/t29-,30-,31-,32-,33-/m0/s1. The summed E-state index contributed by atoms with van der Waals surface area (Å²) >= 11 is 0. The Kier molecular flexibility index (Phi) is 23.3. The van der Waals surface area contributed by atoms with Crippen LogP contribution in [0.3, 0.4) is 0 Å². The minimum Gasteiger partial charge on any atom is -0.481 e. The van der Waals surface area contributed by atoms with Gasteiger partial charge in [0.25, 0.3) is 17.3 Å². The summed E-state index contributed by atoms with van der Waals surface area (Å²) in [6, 6.07) is 2.25. The zero-order valence-electron chi connectivity index (χ0n) is 36.4. The van der Waals surface area contributed by atoms with Gasteiger partial charge in [0.15, 0.2) is 0 Å². The maximum Gasteiger partial charge on any atom is 0.326 e. The average molecular weight is 916 g/mol. The fourth-order valence-corrected chi connectivity index (χ4v) is 6.53. The second kappa shape index (κ2) is 28.0. The van der Waals surface area contributed by atoms with Crippen LogP contribution in [0, 0.1) is 26.1 Å². The summed E-state index contributed by atoms with van der Waals surface area (Å²) in [6.07, 6.45) is 1.00. The fourth-order valence-electron chi connectivity index (χ4n) is 6.53. The van der Waals surface area contributed by atoms with E-state index in [1.165, 1.54) is 18.2 Å². The maximum absolute atomic E-state index is 13.9. The normalized spacial score (nSPS) is 13.2. The second-order valence-corrected chi connectivity index (χ2v) is 15.6. The third-order valence-corrected chi connectivity index (χ3v) is 9.94. The van der Waals surface area contributed by atoms with Crippen molar-refractivity contribution in [2.75, 3.05) is 30.7 Å². The molecule has 0 radical (unpaired) electrons. The number of carboxylic acids is 2. The van der Waals surface area contributed by atoms with Crippen molar-refractivity contribution in [3.8, 4) is 0 Å². The zero-order chi connectivity index (χ0) is 48.6. The lowest BCUT2D eigenvalue weighted by molar-refractivity contribution is -0.393. The number of nitro benzene ring substituents is 2. The van der Waals surface area contributed by atoms with Crippen molar-refractivity contribution in [1.82, 2.24) is 26.6 Å². The van der Waals surface area contributed by atoms with Crippen molar-refractivity contribution < 1.29 is 53.6 Å². The van der Waals surface area contributed by atoms with Crippen molar-refractivity contribution in [1.29, 1.82) is 0 Å². The third-order valence-electron chi connectivity index (χ3n) is 9.94. The van der Waals surface area contributed by atoms with Crippen molar-refractivity contribution in [2.24, 2.45) is 17.4 Å². The fraction of sp³-hybridized carbons (Fsp3) is 0.537. The van der Waals surface area contributed by atoms with E-state index in [0.717, 1.165) is 12.1 Å². The Bertz CT molecular complexity index is 1980. The van der Waals surface area contributed by atoms with E-state index in [2.05, 4.69) is 31.9 Å². The number of amides is 5. The summed E-state index contributed by atoms with van der Waals surface area (Å²) in [5.41, 5.74) is 16.6. The number of non-ortho nitro benzene ring substituents is 1. The highest BCUT2D eigenvalue weighted by Gasteiger charge is 2.33. The molecule has 0 spiro atoms. The number of aliphatic carboxylic acids is 2. The summed E-state index contributed by atoms with van der Waals surface area (Å²) in [5, 5.41) is 57.3. The van der Waals surface area contributed by atoms with Gasteiger partial charge in [0.05, 0.1) is 27.9 Å². The molecule has 65 heavy (non-hydrogen) atoms. The Morgan fingerprint density at radius 2 is 1.15 bits per heavy atom. The van der Waals surface area contributed by atoms with E-state index in [4.69, 9.17) is 17.2 Å². The molecule has 2 rings (SSSR count). The van der Waals surface area contributed by atoms with Crippen LogP contribution in [0.4, 0.5) is 22.7 Å². The van der Waals surface area contributed by atoms with Gasteiger partial charge >= 0.3 is 11.9 Å². The number of carboxylic acid groups (broad SMARTS) is 2. The minimum atomic E-state index is -1.81. The van der Waals surface area contributed by atoms with Crippen LogP contribution in [0.15, 0.2) is 42.5 Å². The number of nitro groups is 2. The number of anilines is 2. The van der Waals surface area contributed by atoms with E-state index in [0.29, 0.717) is 25.7 Å². The SMILES string of the molecule is CC(C)C[C@H](NC(=O)c1ccccc1N)C(=O)N[C@@H](CCCCN)C(=O)N[C@@H](CCCCN)C(=O)N[C@@H](CC(=O)O)C(=O)N[C@@H](CCCCNc1ccc([N+](=O)[O-])cc1[N+](=O)[O-])C(=O)O. The first-order valence-electron chi connectivity index (χ1n) is 21.2. The van der Waals surface area contributed by atoms with Crippen molar-refractivity contribution in [3.63, 3.8) is 0 Å². The molecule has 0 aromatic heterocycles. The number of benzene rings is 2. The minimum absolute atomic E-state index is 0.00793. The highest BCUT2D eigenvalue weighted by atomic mass is 16.6. The first-order valence-corrected chi connectivity index (χ1v) is 21.2. The Labute approximate surface area is 374 Å². The van der Waals surface area contributed by atoms with Gasteiger partial charge in [-0.2, -0.15) is 0 Å². The van der Waals surface area contributed by atoms with Crippen LogP contribution in [0.25, 0.3) is 0 Å². The van der Waals surface area contributed by atoms with Gasteiger partial charge in [0, 0.05) is 18.3 Å². The molecule has 0 saturated heterocycles. The number of carbonyl (C=O) groups is 7. The topological polar surface area (TPSA) is 396 Å². The molecule has 0 bridgehead atoms. The van der Waals surface area contributed by atoms with Gasteiger partial charge in [-0.1, -0.05) is 26.0 Å². The number of nitrogens with zero attached hydrogens (tertiary/aromatic N) is 2. The highest BCUT2D eigenvalue weighted by Crippen LogP contribution is 2.29. The van der Waals surface area contributed by atoms with Crippen molar-refractivity contribution >= 4 is 64.2 Å². The van der Waals surface area contributed by atoms with Gasteiger partial charge in [-0.25, -0.2) is 4.79 Å². The molecule has 5 amide bonds. The first-order chi connectivity index (χ1) is 30.8. The van der Waals surface area contributed by atoms with Crippen LogP contribution in [0.2, 0.25) is 0 Å². The van der Waals surface area contributed by atoms with Gasteiger partial charge < -0.3 is 59.3 Å². The van der Waals surface area contributed by atoms with Crippen LogP contribution in [-0.4, -0.2) is 111 Å². The molecule has 24 heteroatoms. The van der Waals surface area contributed by atoms with Crippen LogP contribution in [-0.2, 0) is 28.8 Å². The van der Waals surface area contributed by atoms with Gasteiger partial charge in [-0.15, -0.1) is 0 Å². The molecule has 2 aromatic carbocycles. The molecule has 14 N–H and O–H groups in total. The second-order valence-electron chi connectivity index (χ2n) is 15.6. The summed E-state index contributed by atoms with van der Waals surface area (Å²) < 4.78 is 0. The zero-order valence-corrected chi connectivity index (χ0v) is 36.4. The summed E-state index contributed by atoms with van der Waals surface area (Å²) in [4.78, 5) is 113. The molecule has 0 fully saturated rings. The molecule has 0 aliphatic carbocycles. The van der Waals surface area contributed by atoms with E-state index in [-0.39, 0.29) is 81.0 Å². The quantitative estimate of drug-likeness (QED) is 0.0219.